The van der Waals surface area contributed by atoms with Gasteiger partial charge < -0.3 is 18.9 Å². The lowest BCUT2D eigenvalue weighted by Crippen LogP contribution is -2.02. The number of benzene rings is 3. The number of rotatable bonds is 8. The number of ether oxygens (including phenoxy) is 4. The number of hydrogen-bond acceptors (Lipinski definition) is 5. The van der Waals surface area contributed by atoms with Gasteiger partial charge in [0.05, 0.1) is 14.2 Å². The van der Waals surface area contributed by atoms with E-state index in [1.165, 1.54) is 7.11 Å². The van der Waals surface area contributed by atoms with E-state index in [1.54, 1.807) is 67.8 Å². The molecule has 3 aromatic carbocycles. The highest BCUT2D eigenvalue weighted by atomic mass is 19.3. The Morgan fingerprint density at radius 2 is 1.34 bits per heavy atom. The van der Waals surface area contributed by atoms with Crippen LogP contribution in [0.3, 0.4) is 0 Å². The predicted octanol–water partition coefficient (Wildman–Crippen LogP) is 6.25. The Labute approximate surface area is 184 Å². The second-order valence-electron chi connectivity index (χ2n) is 6.45. The van der Waals surface area contributed by atoms with Gasteiger partial charge in [0.1, 0.15) is 23.0 Å². The minimum Gasteiger partial charge on any atom is -0.497 e. The molecule has 0 aliphatic carbocycles. The topological polar surface area (TPSA) is 54.0 Å². The maximum absolute atomic E-state index is 12.7. The van der Waals surface area contributed by atoms with Crippen molar-refractivity contribution in [2.75, 3.05) is 14.2 Å². The first kappa shape index (κ1) is 22.6. The van der Waals surface area contributed by atoms with Gasteiger partial charge >= 0.3 is 12.0 Å². The van der Waals surface area contributed by atoms with Crippen LogP contribution in [0.1, 0.15) is 0 Å². The van der Waals surface area contributed by atoms with E-state index in [4.69, 9.17) is 18.9 Å². The van der Waals surface area contributed by atoms with Crippen molar-refractivity contribution in [3.05, 3.63) is 85.7 Å². The molecule has 3 rings (SSSR count). The molecule has 7 heteroatoms. The number of hydrogen-bond donors (Lipinski definition) is 0. The lowest BCUT2D eigenvalue weighted by molar-refractivity contribution is -0.128. The molecule has 5 nitrogen and oxygen atoms in total. The van der Waals surface area contributed by atoms with Crippen LogP contribution < -0.4 is 18.9 Å². The van der Waals surface area contributed by atoms with E-state index in [2.05, 4.69) is 6.58 Å². The molecule has 0 unspecified atom stereocenters. The molecule has 164 valence electrons. The van der Waals surface area contributed by atoms with Crippen molar-refractivity contribution in [1.82, 2.24) is 0 Å². The molecule has 0 spiro atoms. The maximum Gasteiger partial charge on any atom is 0.335 e. The fourth-order valence-corrected chi connectivity index (χ4v) is 3.02. The zero-order chi connectivity index (χ0) is 23.1. The van der Waals surface area contributed by atoms with Gasteiger partial charge in [0, 0.05) is 17.2 Å². The summed E-state index contributed by atoms with van der Waals surface area (Å²) >= 11 is 0. The van der Waals surface area contributed by atoms with E-state index in [0.717, 1.165) is 11.6 Å². The Balaban J connectivity index is 2.08. The standard InChI is InChI=1S/C25H20F2O5/c1-4-25(28)32-19-11-7-16(8-12-19)20-14-23(31-15-24(26)27)21(13-22(20)30-3)17-5-9-18(29-2)10-6-17/h4-15H,1H2,2-3H3. The number of halogens is 2. The van der Waals surface area contributed by atoms with E-state index in [9.17, 15) is 13.6 Å². The van der Waals surface area contributed by atoms with Gasteiger partial charge in [0.2, 0.25) is 0 Å². The van der Waals surface area contributed by atoms with Crippen LogP contribution >= 0.6 is 0 Å². The minimum atomic E-state index is -1.96. The smallest absolute Gasteiger partial charge is 0.335 e. The summed E-state index contributed by atoms with van der Waals surface area (Å²) in [5.74, 6) is 1.14. The van der Waals surface area contributed by atoms with Crippen LogP contribution in [0.5, 0.6) is 23.0 Å². The lowest BCUT2D eigenvalue weighted by Gasteiger charge is -2.16. The van der Waals surface area contributed by atoms with Crippen molar-refractivity contribution in [2.24, 2.45) is 0 Å². The van der Waals surface area contributed by atoms with Crippen molar-refractivity contribution < 1.29 is 32.5 Å². The number of carbonyl (C=O) groups is 1. The van der Waals surface area contributed by atoms with Crippen molar-refractivity contribution in [3.8, 4) is 45.3 Å². The first-order chi connectivity index (χ1) is 15.4. The third-order valence-corrected chi connectivity index (χ3v) is 4.53. The maximum atomic E-state index is 12.7. The van der Waals surface area contributed by atoms with Crippen molar-refractivity contribution >= 4 is 5.97 Å². The van der Waals surface area contributed by atoms with E-state index < -0.39 is 12.0 Å². The summed E-state index contributed by atoms with van der Waals surface area (Å²) in [5.41, 5.74) is 2.59. The van der Waals surface area contributed by atoms with Crippen LogP contribution in [0, 0.1) is 0 Å². The van der Waals surface area contributed by atoms with Gasteiger partial charge in [-0.05, 0) is 47.5 Å². The van der Waals surface area contributed by atoms with Gasteiger partial charge in [-0.3, -0.25) is 0 Å². The van der Waals surface area contributed by atoms with E-state index in [0.29, 0.717) is 40.2 Å². The zero-order valence-electron chi connectivity index (χ0n) is 17.4. The Kier molecular flexibility index (Phi) is 7.23. The highest BCUT2D eigenvalue weighted by molar-refractivity contribution is 5.84. The third-order valence-electron chi connectivity index (χ3n) is 4.53. The molecule has 0 amide bonds. The molecule has 0 atom stereocenters. The molecule has 0 aromatic heterocycles. The van der Waals surface area contributed by atoms with Gasteiger partial charge in [-0.2, -0.15) is 8.78 Å². The summed E-state index contributed by atoms with van der Waals surface area (Å²) < 4.78 is 46.6. The minimum absolute atomic E-state index is 0.209. The average molecular weight is 438 g/mol. The largest absolute Gasteiger partial charge is 0.497 e. The first-order valence-corrected chi connectivity index (χ1v) is 9.44. The molecule has 0 fully saturated rings. The SMILES string of the molecule is C=CC(=O)Oc1ccc(-c2cc(OC=C(F)F)c(-c3ccc(OC)cc3)cc2OC)cc1. The molecule has 0 aliphatic heterocycles. The fraction of sp³-hybridized carbons (Fsp3) is 0.0800. The van der Waals surface area contributed by atoms with Crippen molar-refractivity contribution in [1.29, 1.82) is 0 Å². The molecular formula is C25H20F2O5. The molecule has 3 aromatic rings. The molecule has 0 radical (unpaired) electrons. The molecule has 0 saturated carbocycles. The van der Waals surface area contributed by atoms with Crippen molar-refractivity contribution in [3.63, 3.8) is 0 Å². The monoisotopic (exact) mass is 438 g/mol. The second kappa shape index (κ2) is 10.3. The molecule has 0 heterocycles. The molecule has 0 saturated heterocycles. The third kappa shape index (κ3) is 5.31. The van der Waals surface area contributed by atoms with Gasteiger partial charge in [0.25, 0.3) is 0 Å². The summed E-state index contributed by atoms with van der Waals surface area (Å²) in [6.07, 6.45) is -0.511. The summed E-state index contributed by atoms with van der Waals surface area (Å²) in [6.45, 7) is 3.36. The highest BCUT2D eigenvalue weighted by Crippen LogP contribution is 2.41. The van der Waals surface area contributed by atoms with Crippen LogP contribution in [-0.2, 0) is 4.79 Å². The van der Waals surface area contributed by atoms with Crippen LogP contribution in [-0.4, -0.2) is 20.2 Å². The second-order valence-corrected chi connectivity index (χ2v) is 6.45. The Morgan fingerprint density at radius 1 is 0.812 bits per heavy atom. The van der Waals surface area contributed by atoms with Crippen LogP contribution in [0.15, 0.2) is 85.7 Å². The fourth-order valence-electron chi connectivity index (χ4n) is 3.02. The van der Waals surface area contributed by atoms with Crippen LogP contribution in [0.4, 0.5) is 8.78 Å². The van der Waals surface area contributed by atoms with Crippen LogP contribution in [0.25, 0.3) is 22.3 Å². The Hall–Kier alpha value is -4.13. The lowest BCUT2D eigenvalue weighted by atomic mass is 9.97. The van der Waals surface area contributed by atoms with Crippen molar-refractivity contribution in [2.45, 2.75) is 0 Å². The number of carbonyl (C=O) groups excluding carboxylic acids is 1. The molecule has 0 N–H and O–H groups in total. The highest BCUT2D eigenvalue weighted by Gasteiger charge is 2.16. The number of methoxy groups -OCH3 is 2. The van der Waals surface area contributed by atoms with Gasteiger partial charge in [-0.25, -0.2) is 4.79 Å². The average Bonchev–Trinajstić information content (AvgIpc) is 2.82. The van der Waals surface area contributed by atoms with E-state index in [-0.39, 0.29) is 5.75 Å². The van der Waals surface area contributed by atoms with Gasteiger partial charge in [0.15, 0.2) is 6.26 Å². The summed E-state index contributed by atoms with van der Waals surface area (Å²) in [7, 11) is 3.07. The Morgan fingerprint density at radius 3 is 1.84 bits per heavy atom. The quantitative estimate of drug-likeness (QED) is 0.180. The first-order valence-electron chi connectivity index (χ1n) is 9.44. The van der Waals surface area contributed by atoms with Gasteiger partial charge in [-0.15, -0.1) is 0 Å². The zero-order valence-corrected chi connectivity index (χ0v) is 17.4. The number of esters is 1. The normalized spacial score (nSPS) is 10.1. The molecular weight excluding hydrogens is 418 g/mol. The van der Waals surface area contributed by atoms with E-state index >= 15 is 0 Å². The molecule has 0 aliphatic rings. The van der Waals surface area contributed by atoms with E-state index in [1.807, 2.05) is 0 Å². The van der Waals surface area contributed by atoms with Crippen LogP contribution in [0.2, 0.25) is 0 Å². The molecule has 32 heavy (non-hydrogen) atoms. The van der Waals surface area contributed by atoms with Gasteiger partial charge in [-0.1, -0.05) is 30.8 Å². The predicted molar refractivity (Wildman–Crippen MR) is 117 cm³/mol. The summed E-state index contributed by atoms with van der Waals surface area (Å²) in [5, 5.41) is 0. The Bertz CT molecular complexity index is 1130. The molecule has 0 bridgehead atoms. The summed E-state index contributed by atoms with van der Waals surface area (Å²) in [4.78, 5) is 11.4. The summed E-state index contributed by atoms with van der Waals surface area (Å²) in [6, 6.07) is 17.1.